The number of benzene rings is 2. The monoisotopic (exact) mass is 478 g/mol. The number of nitrogens with one attached hydrogen (secondary N) is 2. The van der Waals surface area contributed by atoms with Crippen molar-refractivity contribution in [2.24, 2.45) is 0 Å². The molecule has 1 atom stereocenters. The molecule has 0 fully saturated rings. The van der Waals surface area contributed by atoms with Gasteiger partial charge in [0.2, 0.25) is 0 Å². The highest BCUT2D eigenvalue weighted by Gasteiger charge is 2.37. The van der Waals surface area contributed by atoms with Crippen molar-refractivity contribution < 1.29 is 9.53 Å². The molecule has 34 heavy (non-hydrogen) atoms. The Balaban J connectivity index is 1.99. The first kappa shape index (κ1) is 23.6. The van der Waals surface area contributed by atoms with Gasteiger partial charge in [0.1, 0.15) is 11.6 Å². The van der Waals surface area contributed by atoms with Gasteiger partial charge in [-0.15, -0.1) is 0 Å². The zero-order chi connectivity index (χ0) is 24.2. The van der Waals surface area contributed by atoms with Gasteiger partial charge >= 0.3 is 11.7 Å². The van der Waals surface area contributed by atoms with Crippen molar-refractivity contribution in [3.05, 3.63) is 92.5 Å². The van der Waals surface area contributed by atoms with Gasteiger partial charge in [-0.05, 0) is 50.1 Å². The van der Waals surface area contributed by atoms with E-state index in [2.05, 4.69) is 15.6 Å². The number of aromatic nitrogens is 2. The maximum atomic E-state index is 13.1. The SMILES string of the molecule is CCCn1c2c(c(Nc3ccc(Cl)cc3)nc1=O)C(c1ccccc1)C(C(=O)OCC)=C(C)N2. The van der Waals surface area contributed by atoms with Gasteiger partial charge in [-0.2, -0.15) is 4.98 Å². The summed E-state index contributed by atoms with van der Waals surface area (Å²) in [5, 5.41) is 7.20. The molecule has 4 rings (SSSR count). The molecule has 2 aromatic carbocycles. The summed E-state index contributed by atoms with van der Waals surface area (Å²) in [4.78, 5) is 30.6. The fourth-order valence-corrected chi connectivity index (χ4v) is 4.36. The average molecular weight is 479 g/mol. The predicted octanol–water partition coefficient (Wildman–Crippen LogP) is 5.44. The first-order chi connectivity index (χ1) is 16.4. The quantitative estimate of drug-likeness (QED) is 0.439. The summed E-state index contributed by atoms with van der Waals surface area (Å²) in [6, 6.07) is 16.9. The lowest BCUT2D eigenvalue weighted by Crippen LogP contribution is -2.33. The Morgan fingerprint density at radius 2 is 1.85 bits per heavy atom. The second kappa shape index (κ2) is 10.1. The summed E-state index contributed by atoms with van der Waals surface area (Å²) in [6.45, 7) is 6.37. The lowest BCUT2D eigenvalue weighted by Gasteiger charge is -2.33. The molecule has 0 spiro atoms. The zero-order valence-corrected chi connectivity index (χ0v) is 20.1. The molecule has 0 aliphatic carbocycles. The predicted molar refractivity (Wildman–Crippen MR) is 135 cm³/mol. The third-order valence-electron chi connectivity index (χ3n) is 5.69. The largest absolute Gasteiger partial charge is 0.463 e. The van der Waals surface area contributed by atoms with Crippen LogP contribution >= 0.6 is 11.6 Å². The number of nitrogens with zero attached hydrogens (tertiary/aromatic N) is 2. The molecular weight excluding hydrogens is 452 g/mol. The summed E-state index contributed by atoms with van der Waals surface area (Å²) in [5.74, 6) is 0.114. The molecule has 3 aromatic rings. The van der Waals surface area contributed by atoms with Crippen LogP contribution in [0.3, 0.4) is 0 Å². The minimum Gasteiger partial charge on any atom is -0.463 e. The van der Waals surface area contributed by atoms with Gasteiger partial charge in [-0.25, -0.2) is 9.59 Å². The number of carbonyl (C=O) groups is 1. The van der Waals surface area contributed by atoms with Crippen molar-refractivity contribution in [3.8, 4) is 0 Å². The highest BCUT2D eigenvalue weighted by Crippen LogP contribution is 2.45. The lowest BCUT2D eigenvalue weighted by molar-refractivity contribution is -0.138. The van der Waals surface area contributed by atoms with Crippen molar-refractivity contribution in [1.82, 2.24) is 9.55 Å². The second-order valence-electron chi connectivity index (χ2n) is 8.02. The number of esters is 1. The van der Waals surface area contributed by atoms with Gasteiger partial charge in [0.15, 0.2) is 0 Å². The maximum absolute atomic E-state index is 13.1. The van der Waals surface area contributed by atoms with E-state index in [-0.39, 0.29) is 12.3 Å². The van der Waals surface area contributed by atoms with Crippen LogP contribution in [0.1, 0.15) is 44.2 Å². The van der Waals surface area contributed by atoms with E-state index in [1.807, 2.05) is 56.3 Å². The van der Waals surface area contributed by atoms with E-state index >= 15 is 0 Å². The minimum absolute atomic E-state index is 0.257. The van der Waals surface area contributed by atoms with E-state index in [1.54, 1.807) is 23.6 Å². The maximum Gasteiger partial charge on any atom is 0.351 e. The molecule has 1 unspecified atom stereocenters. The van der Waals surface area contributed by atoms with Crippen molar-refractivity contribution >= 4 is 34.9 Å². The summed E-state index contributed by atoms with van der Waals surface area (Å²) < 4.78 is 7.06. The molecule has 2 N–H and O–H groups in total. The van der Waals surface area contributed by atoms with Crippen LogP contribution in [-0.4, -0.2) is 22.1 Å². The normalized spacial score (nSPS) is 14.9. The van der Waals surface area contributed by atoms with Crippen LogP contribution in [0.5, 0.6) is 0 Å². The van der Waals surface area contributed by atoms with E-state index in [0.29, 0.717) is 40.0 Å². The second-order valence-corrected chi connectivity index (χ2v) is 8.45. The molecule has 1 aromatic heterocycles. The zero-order valence-electron chi connectivity index (χ0n) is 19.4. The number of fused-ring (bicyclic) bond motifs is 1. The number of rotatable bonds is 7. The van der Waals surface area contributed by atoms with E-state index in [0.717, 1.165) is 17.7 Å². The number of anilines is 3. The number of allylic oxidation sites excluding steroid dienone is 1. The van der Waals surface area contributed by atoms with E-state index in [9.17, 15) is 9.59 Å². The topological polar surface area (TPSA) is 85.2 Å². The van der Waals surface area contributed by atoms with Crippen LogP contribution in [0.4, 0.5) is 17.3 Å². The van der Waals surface area contributed by atoms with Gasteiger partial charge in [-0.1, -0.05) is 48.9 Å². The molecule has 0 amide bonds. The van der Waals surface area contributed by atoms with Crippen LogP contribution < -0.4 is 16.3 Å². The van der Waals surface area contributed by atoms with Gasteiger partial charge in [0.25, 0.3) is 0 Å². The Labute approximate surface area is 203 Å². The van der Waals surface area contributed by atoms with E-state index < -0.39 is 11.9 Å². The number of halogens is 1. The Kier molecular flexibility index (Phi) is 7.03. The molecular formula is C26H27ClN4O3. The molecule has 1 aliphatic rings. The summed E-state index contributed by atoms with van der Waals surface area (Å²) in [5.41, 5.74) is 3.10. The van der Waals surface area contributed by atoms with E-state index in [4.69, 9.17) is 16.3 Å². The van der Waals surface area contributed by atoms with Gasteiger partial charge in [-0.3, -0.25) is 4.57 Å². The fraction of sp³-hybridized carbons (Fsp3) is 0.269. The van der Waals surface area contributed by atoms with Crippen molar-refractivity contribution in [1.29, 1.82) is 0 Å². The molecule has 176 valence electrons. The molecule has 1 aliphatic heterocycles. The van der Waals surface area contributed by atoms with Crippen LogP contribution in [0.2, 0.25) is 5.02 Å². The van der Waals surface area contributed by atoms with Gasteiger partial charge in [0.05, 0.1) is 18.1 Å². The number of ether oxygens (including phenoxy) is 1. The van der Waals surface area contributed by atoms with E-state index in [1.165, 1.54) is 0 Å². The Morgan fingerprint density at radius 1 is 1.15 bits per heavy atom. The third-order valence-corrected chi connectivity index (χ3v) is 5.94. The minimum atomic E-state index is -0.484. The first-order valence-electron chi connectivity index (χ1n) is 11.3. The smallest absolute Gasteiger partial charge is 0.351 e. The van der Waals surface area contributed by atoms with Crippen LogP contribution in [0.25, 0.3) is 0 Å². The Bertz CT molecular complexity index is 1280. The van der Waals surface area contributed by atoms with Gasteiger partial charge < -0.3 is 15.4 Å². The van der Waals surface area contributed by atoms with Crippen LogP contribution in [0, 0.1) is 0 Å². The molecule has 0 bridgehead atoms. The summed E-state index contributed by atoms with van der Waals surface area (Å²) in [6.07, 6.45) is 0.753. The fourth-order valence-electron chi connectivity index (χ4n) is 4.24. The highest BCUT2D eigenvalue weighted by atomic mass is 35.5. The molecule has 8 heteroatoms. The Hall–Kier alpha value is -3.58. The third kappa shape index (κ3) is 4.56. The number of carbonyl (C=O) groups excluding carboxylic acids is 1. The molecule has 0 saturated heterocycles. The van der Waals surface area contributed by atoms with Crippen LogP contribution in [-0.2, 0) is 16.1 Å². The van der Waals surface area contributed by atoms with Crippen molar-refractivity contribution in [2.75, 3.05) is 17.2 Å². The molecule has 0 radical (unpaired) electrons. The summed E-state index contributed by atoms with van der Waals surface area (Å²) in [7, 11) is 0. The number of hydrogen-bond acceptors (Lipinski definition) is 6. The molecule has 0 saturated carbocycles. The Morgan fingerprint density at radius 3 is 2.50 bits per heavy atom. The summed E-state index contributed by atoms with van der Waals surface area (Å²) >= 11 is 6.05. The van der Waals surface area contributed by atoms with Crippen molar-refractivity contribution in [2.45, 2.75) is 39.7 Å². The lowest BCUT2D eigenvalue weighted by atomic mass is 9.81. The average Bonchev–Trinajstić information content (AvgIpc) is 2.83. The standard InChI is InChI=1S/C26H27ClN4O3/c1-4-15-31-24-22(23(30-26(31)33)29-19-13-11-18(27)12-14-19)21(17-9-7-6-8-10-17)20(16(3)28-24)25(32)34-5-2/h6-14,21,28H,4-5,15H2,1-3H3,(H,29,30,33). The molecule has 2 heterocycles. The first-order valence-corrected chi connectivity index (χ1v) is 11.7. The van der Waals surface area contributed by atoms with Crippen molar-refractivity contribution in [3.63, 3.8) is 0 Å². The van der Waals surface area contributed by atoms with Crippen LogP contribution in [0.15, 0.2) is 70.7 Å². The van der Waals surface area contributed by atoms with Gasteiger partial charge in [0, 0.05) is 28.5 Å². The molecule has 7 nitrogen and oxygen atoms in total. The number of hydrogen-bond donors (Lipinski definition) is 2. The highest BCUT2D eigenvalue weighted by molar-refractivity contribution is 6.30.